The fourth-order valence-corrected chi connectivity index (χ4v) is 2.93. The average Bonchev–Trinajstić information content (AvgIpc) is 3.16. The third kappa shape index (κ3) is 3.67. The third-order valence-electron chi connectivity index (χ3n) is 3.02. The number of hydrogen-bond donors (Lipinski definition) is 1. The van der Waals surface area contributed by atoms with E-state index in [4.69, 9.17) is 12.2 Å². The van der Waals surface area contributed by atoms with Gasteiger partial charge in [-0.1, -0.05) is 0 Å². The van der Waals surface area contributed by atoms with Crippen LogP contribution in [-0.4, -0.2) is 32.0 Å². The Kier molecular flexibility index (Phi) is 4.76. The number of H-pyrrole nitrogens is 1. The number of anilines is 2. The van der Waals surface area contributed by atoms with Gasteiger partial charge in [0.2, 0.25) is 10.7 Å². The Morgan fingerprint density at radius 1 is 1.48 bits per heavy atom. The summed E-state index contributed by atoms with van der Waals surface area (Å²) in [5.41, 5.74) is 0.362. The Morgan fingerprint density at radius 2 is 2.28 bits per heavy atom. The highest BCUT2D eigenvalue weighted by atomic mass is 32.1. The minimum Gasteiger partial charge on any atom is -0.274 e. The van der Waals surface area contributed by atoms with E-state index >= 15 is 0 Å². The smallest absolute Gasteiger partial charge is 0.230 e. The molecule has 2 aromatic heterocycles. The Hall–Kier alpha value is -2.79. The van der Waals surface area contributed by atoms with Crippen molar-refractivity contribution >= 4 is 46.5 Å². The van der Waals surface area contributed by atoms with Gasteiger partial charge in [-0.25, -0.2) is 13.8 Å². The largest absolute Gasteiger partial charge is 0.274 e. The molecular formula is C14H10F2N6OS2. The lowest BCUT2D eigenvalue weighted by atomic mass is 10.2. The van der Waals surface area contributed by atoms with Crippen LogP contribution in [0.5, 0.6) is 0 Å². The lowest BCUT2D eigenvalue weighted by molar-refractivity contribution is -0.115. The zero-order chi connectivity index (χ0) is 18.0. The summed E-state index contributed by atoms with van der Waals surface area (Å²) >= 11 is 6.08. The molecule has 128 valence electrons. The van der Waals surface area contributed by atoms with E-state index in [2.05, 4.69) is 20.3 Å². The summed E-state index contributed by atoms with van der Waals surface area (Å²) in [6, 6.07) is 2.97. The van der Waals surface area contributed by atoms with Gasteiger partial charge in [-0.2, -0.15) is 14.9 Å². The summed E-state index contributed by atoms with van der Waals surface area (Å²) in [6.45, 7) is 1.27. The second-order valence-electron chi connectivity index (χ2n) is 4.76. The van der Waals surface area contributed by atoms with Crippen molar-refractivity contribution in [2.75, 3.05) is 4.90 Å². The number of benzene rings is 1. The molecule has 0 atom stereocenters. The molecule has 1 aromatic carbocycles. The van der Waals surface area contributed by atoms with Crippen LogP contribution < -0.4 is 4.90 Å². The summed E-state index contributed by atoms with van der Waals surface area (Å²) in [6.07, 6.45) is 2.81. The Labute approximate surface area is 149 Å². The fraction of sp³-hybridized carbons (Fsp3) is 0.0714. The summed E-state index contributed by atoms with van der Waals surface area (Å²) < 4.78 is 28.8. The second-order valence-corrected chi connectivity index (χ2v) is 5.98. The van der Waals surface area contributed by atoms with Gasteiger partial charge in [0, 0.05) is 18.4 Å². The number of aromatic amines is 1. The number of carbonyl (C=O) groups excluding carboxylic acids is 1. The highest BCUT2D eigenvalue weighted by Gasteiger charge is 2.21. The number of thiazole rings is 1. The predicted molar refractivity (Wildman–Crippen MR) is 91.7 cm³/mol. The summed E-state index contributed by atoms with van der Waals surface area (Å²) in [5, 5.41) is 12.2. The first-order valence-electron chi connectivity index (χ1n) is 6.83. The van der Waals surface area contributed by atoms with Crippen LogP contribution in [0.2, 0.25) is 0 Å². The minimum absolute atomic E-state index is 0.0798. The summed E-state index contributed by atoms with van der Waals surface area (Å²) in [4.78, 5) is 17.3. The fourth-order valence-electron chi connectivity index (χ4n) is 1.95. The van der Waals surface area contributed by atoms with Crippen molar-refractivity contribution in [1.82, 2.24) is 19.9 Å². The first-order chi connectivity index (χ1) is 12.0. The molecule has 7 nitrogen and oxygen atoms in total. The number of carbonyl (C=O) groups is 1. The summed E-state index contributed by atoms with van der Waals surface area (Å²) in [5.74, 6) is -2.04. The van der Waals surface area contributed by atoms with Gasteiger partial charge >= 0.3 is 0 Å². The van der Waals surface area contributed by atoms with Crippen molar-refractivity contribution in [3.05, 3.63) is 52.0 Å². The van der Waals surface area contributed by atoms with Crippen LogP contribution in [0.3, 0.4) is 0 Å². The van der Waals surface area contributed by atoms with Gasteiger partial charge in [0.05, 0.1) is 17.6 Å². The first kappa shape index (κ1) is 17.0. The zero-order valence-corrected chi connectivity index (χ0v) is 14.3. The van der Waals surface area contributed by atoms with Crippen LogP contribution in [-0.2, 0) is 4.79 Å². The molecule has 0 aliphatic carbocycles. The Bertz CT molecular complexity index is 1010. The molecule has 3 aromatic rings. The second kappa shape index (κ2) is 6.99. The van der Waals surface area contributed by atoms with Crippen molar-refractivity contribution in [3.8, 4) is 0 Å². The zero-order valence-electron chi connectivity index (χ0n) is 12.7. The van der Waals surface area contributed by atoms with E-state index in [0.29, 0.717) is 16.5 Å². The molecule has 0 fully saturated rings. The molecule has 0 saturated carbocycles. The number of amides is 1. The maximum absolute atomic E-state index is 14.0. The van der Waals surface area contributed by atoms with E-state index in [1.165, 1.54) is 30.2 Å². The van der Waals surface area contributed by atoms with Gasteiger partial charge in [0.25, 0.3) is 0 Å². The van der Waals surface area contributed by atoms with E-state index in [0.717, 1.165) is 22.3 Å². The van der Waals surface area contributed by atoms with Gasteiger partial charge in [0.15, 0.2) is 5.13 Å². The highest BCUT2D eigenvalue weighted by molar-refractivity contribution is 7.71. The molecule has 0 spiro atoms. The lowest BCUT2D eigenvalue weighted by Crippen LogP contribution is -2.23. The first-order valence-corrected chi connectivity index (χ1v) is 8.12. The van der Waals surface area contributed by atoms with Crippen molar-refractivity contribution in [2.24, 2.45) is 5.10 Å². The Balaban J connectivity index is 1.92. The number of nitrogens with one attached hydrogen (secondary N) is 1. The average molecular weight is 380 g/mol. The van der Waals surface area contributed by atoms with E-state index in [-0.39, 0.29) is 10.8 Å². The minimum atomic E-state index is -0.856. The molecule has 1 amide bonds. The quantitative estimate of drug-likeness (QED) is 0.557. The number of nitrogens with zero attached hydrogens (tertiary/aromatic N) is 5. The lowest BCUT2D eigenvalue weighted by Gasteiger charge is -2.18. The molecule has 2 heterocycles. The van der Waals surface area contributed by atoms with Gasteiger partial charge in [-0.05, 0) is 24.4 Å². The third-order valence-corrected chi connectivity index (χ3v) is 4.14. The monoisotopic (exact) mass is 380 g/mol. The van der Waals surface area contributed by atoms with Gasteiger partial charge in [-0.3, -0.25) is 14.8 Å². The standard InChI is InChI=1S/C14H10F2N6OS2/c1-8(23)22(12-3-2-9(15)4-11(12)16)14-19-10(6-25-14)5-18-21-7-17-20-13(21)24/h2-7H,1H3,(H,20,24)/b18-5-. The number of rotatable bonds is 4. The van der Waals surface area contributed by atoms with Gasteiger partial charge in [-0.15, -0.1) is 11.3 Å². The number of hydrogen-bond acceptors (Lipinski definition) is 6. The molecule has 3 rings (SSSR count). The van der Waals surface area contributed by atoms with Crippen LogP contribution in [0.25, 0.3) is 0 Å². The van der Waals surface area contributed by atoms with Crippen molar-refractivity contribution in [1.29, 1.82) is 0 Å². The van der Waals surface area contributed by atoms with Gasteiger partial charge < -0.3 is 0 Å². The normalized spacial score (nSPS) is 11.2. The molecule has 1 N–H and O–H groups in total. The van der Waals surface area contributed by atoms with Crippen LogP contribution in [0.1, 0.15) is 12.6 Å². The molecule has 25 heavy (non-hydrogen) atoms. The maximum Gasteiger partial charge on any atom is 0.230 e. The molecule has 0 aliphatic heterocycles. The topological polar surface area (TPSA) is 79.2 Å². The molecule has 0 unspecified atom stereocenters. The number of halogens is 2. The van der Waals surface area contributed by atoms with Crippen molar-refractivity contribution < 1.29 is 13.6 Å². The molecule has 0 radical (unpaired) electrons. The van der Waals surface area contributed by atoms with Gasteiger partial charge in [0.1, 0.15) is 18.0 Å². The molecule has 0 bridgehead atoms. The number of aromatic nitrogens is 4. The van der Waals surface area contributed by atoms with E-state index in [1.807, 2.05) is 0 Å². The van der Waals surface area contributed by atoms with Crippen molar-refractivity contribution in [3.63, 3.8) is 0 Å². The van der Waals surface area contributed by atoms with E-state index < -0.39 is 17.5 Å². The maximum atomic E-state index is 14.0. The predicted octanol–water partition coefficient (Wildman–Crippen LogP) is 3.24. The van der Waals surface area contributed by atoms with Crippen molar-refractivity contribution in [2.45, 2.75) is 6.92 Å². The SMILES string of the molecule is CC(=O)N(c1nc(/C=N\n2cn[nH]c2=S)cs1)c1ccc(F)cc1F. The molecule has 0 saturated heterocycles. The molecular weight excluding hydrogens is 370 g/mol. The van der Waals surface area contributed by atoms with E-state index in [9.17, 15) is 13.6 Å². The Morgan fingerprint density at radius 3 is 2.92 bits per heavy atom. The van der Waals surface area contributed by atoms with Crippen LogP contribution >= 0.6 is 23.6 Å². The van der Waals surface area contributed by atoms with Crippen LogP contribution in [0, 0.1) is 16.4 Å². The highest BCUT2D eigenvalue weighted by Crippen LogP contribution is 2.30. The summed E-state index contributed by atoms with van der Waals surface area (Å²) in [7, 11) is 0. The van der Waals surface area contributed by atoms with E-state index in [1.54, 1.807) is 5.38 Å². The van der Waals surface area contributed by atoms with Crippen LogP contribution in [0.4, 0.5) is 19.6 Å². The van der Waals surface area contributed by atoms with Crippen LogP contribution in [0.15, 0.2) is 35.0 Å². The molecule has 11 heteroatoms. The molecule has 0 aliphatic rings.